The van der Waals surface area contributed by atoms with Crippen LogP contribution in [0.4, 0.5) is 8.78 Å². The van der Waals surface area contributed by atoms with Gasteiger partial charge in [0.25, 0.3) is 0 Å². The predicted molar refractivity (Wildman–Crippen MR) is 116 cm³/mol. The fourth-order valence-corrected chi connectivity index (χ4v) is 4.83. The Morgan fingerprint density at radius 2 is 1.59 bits per heavy atom. The van der Waals surface area contributed by atoms with E-state index in [2.05, 4.69) is 26.0 Å². The summed E-state index contributed by atoms with van der Waals surface area (Å²) in [6, 6.07) is 10.8. The van der Waals surface area contributed by atoms with Gasteiger partial charge >= 0.3 is 0 Å². The molecule has 0 radical (unpaired) electrons. The molecule has 1 saturated carbocycles. The molecule has 1 unspecified atom stereocenters. The van der Waals surface area contributed by atoms with Gasteiger partial charge in [-0.05, 0) is 65.8 Å². The maximum atomic E-state index is 14.0. The van der Waals surface area contributed by atoms with E-state index in [0.29, 0.717) is 11.5 Å². The first-order valence-electron chi connectivity index (χ1n) is 11.1. The molecular formula is C26H34F2O. The topological polar surface area (TPSA) is 9.23 Å². The van der Waals surface area contributed by atoms with E-state index < -0.39 is 11.6 Å². The number of methoxy groups -OCH3 is 1. The predicted octanol–water partition coefficient (Wildman–Crippen LogP) is 7.82. The highest BCUT2D eigenvalue weighted by Crippen LogP contribution is 2.37. The van der Waals surface area contributed by atoms with Gasteiger partial charge in [-0.1, -0.05) is 70.2 Å². The van der Waals surface area contributed by atoms with Crippen molar-refractivity contribution in [1.82, 2.24) is 0 Å². The number of hydrogen-bond acceptors (Lipinski definition) is 1. The SMILES string of the molecule is CCCCC1CCC(C(C)Cc2ccc(-c3cc(F)c(OC)c(F)c3)cc2)CC1. The minimum Gasteiger partial charge on any atom is -0.491 e. The van der Waals surface area contributed by atoms with Crippen LogP contribution in [0.2, 0.25) is 0 Å². The monoisotopic (exact) mass is 400 g/mol. The average Bonchev–Trinajstić information content (AvgIpc) is 2.73. The van der Waals surface area contributed by atoms with Gasteiger partial charge in [-0.25, -0.2) is 8.78 Å². The van der Waals surface area contributed by atoms with Crippen LogP contribution in [-0.2, 0) is 6.42 Å². The van der Waals surface area contributed by atoms with Gasteiger partial charge in [0, 0.05) is 0 Å². The zero-order valence-corrected chi connectivity index (χ0v) is 18.0. The maximum absolute atomic E-state index is 14.0. The first kappa shape index (κ1) is 21.8. The second-order valence-electron chi connectivity index (χ2n) is 8.77. The summed E-state index contributed by atoms with van der Waals surface area (Å²) in [4.78, 5) is 0. The van der Waals surface area contributed by atoms with Crippen LogP contribution in [-0.4, -0.2) is 7.11 Å². The molecule has 3 rings (SSSR count). The first-order chi connectivity index (χ1) is 14.0. The van der Waals surface area contributed by atoms with Crippen LogP contribution in [0.5, 0.6) is 5.75 Å². The Bertz CT molecular complexity index is 753. The minimum absolute atomic E-state index is 0.330. The summed E-state index contributed by atoms with van der Waals surface area (Å²) >= 11 is 0. The second-order valence-corrected chi connectivity index (χ2v) is 8.77. The van der Waals surface area contributed by atoms with Crippen LogP contribution in [0.3, 0.4) is 0 Å². The standard InChI is InChI=1S/C26H34F2O/c1-4-5-6-19-7-11-21(12-8-19)18(2)15-20-9-13-22(14-10-20)23-16-24(27)26(29-3)25(28)17-23/h9-10,13-14,16-19,21H,4-8,11-12,15H2,1-3H3. The molecule has 1 atom stereocenters. The van der Waals surface area contributed by atoms with E-state index in [-0.39, 0.29) is 5.75 Å². The van der Waals surface area contributed by atoms with Gasteiger partial charge in [0.1, 0.15) is 0 Å². The van der Waals surface area contributed by atoms with E-state index in [9.17, 15) is 8.78 Å². The lowest BCUT2D eigenvalue weighted by molar-refractivity contribution is 0.205. The van der Waals surface area contributed by atoms with Crippen LogP contribution < -0.4 is 4.74 Å². The molecule has 0 bridgehead atoms. The van der Waals surface area contributed by atoms with E-state index in [1.54, 1.807) is 0 Å². The number of halogens is 2. The number of unbranched alkanes of at least 4 members (excludes halogenated alkanes) is 1. The number of rotatable bonds is 8. The van der Waals surface area contributed by atoms with Crippen molar-refractivity contribution in [3.8, 4) is 16.9 Å². The van der Waals surface area contributed by atoms with Gasteiger partial charge in [-0.3, -0.25) is 0 Å². The molecule has 2 aromatic carbocycles. The molecule has 1 aliphatic carbocycles. The molecule has 3 heteroatoms. The van der Waals surface area contributed by atoms with Crippen molar-refractivity contribution in [3.63, 3.8) is 0 Å². The van der Waals surface area contributed by atoms with Crippen LogP contribution in [0, 0.1) is 29.4 Å². The summed E-state index contributed by atoms with van der Waals surface area (Å²) < 4.78 is 32.7. The van der Waals surface area contributed by atoms with Gasteiger partial charge in [0.15, 0.2) is 17.4 Å². The summed E-state index contributed by atoms with van der Waals surface area (Å²) in [5.41, 5.74) is 2.65. The number of benzene rings is 2. The zero-order chi connectivity index (χ0) is 20.8. The molecule has 1 aliphatic rings. The summed E-state index contributed by atoms with van der Waals surface area (Å²) in [6.45, 7) is 4.65. The molecule has 29 heavy (non-hydrogen) atoms. The summed E-state index contributed by atoms with van der Waals surface area (Å²) in [6.07, 6.45) is 10.7. The summed E-state index contributed by atoms with van der Waals surface area (Å²) in [7, 11) is 1.27. The molecule has 2 aromatic rings. The van der Waals surface area contributed by atoms with Crippen LogP contribution >= 0.6 is 0 Å². The van der Waals surface area contributed by atoms with Crippen molar-refractivity contribution < 1.29 is 13.5 Å². The molecule has 0 saturated heterocycles. The Balaban J connectivity index is 1.58. The number of hydrogen-bond donors (Lipinski definition) is 0. The molecule has 0 heterocycles. The van der Waals surface area contributed by atoms with Crippen molar-refractivity contribution in [1.29, 1.82) is 0 Å². The second kappa shape index (κ2) is 10.2. The third-order valence-corrected chi connectivity index (χ3v) is 6.71. The van der Waals surface area contributed by atoms with Crippen LogP contribution in [0.25, 0.3) is 11.1 Å². The first-order valence-corrected chi connectivity index (χ1v) is 11.1. The van der Waals surface area contributed by atoms with Crippen molar-refractivity contribution in [2.24, 2.45) is 17.8 Å². The lowest BCUT2D eigenvalue weighted by Crippen LogP contribution is -2.21. The van der Waals surface area contributed by atoms with Gasteiger partial charge < -0.3 is 4.74 Å². The summed E-state index contributed by atoms with van der Waals surface area (Å²) in [5.74, 6) is 0.761. The smallest absolute Gasteiger partial charge is 0.190 e. The maximum Gasteiger partial charge on any atom is 0.190 e. The number of ether oxygens (including phenoxy) is 1. The quantitative estimate of drug-likeness (QED) is 0.439. The highest BCUT2D eigenvalue weighted by molar-refractivity contribution is 5.65. The molecule has 0 N–H and O–H groups in total. The largest absolute Gasteiger partial charge is 0.491 e. The van der Waals surface area contributed by atoms with Crippen LogP contribution in [0.15, 0.2) is 36.4 Å². The lowest BCUT2D eigenvalue weighted by Gasteiger charge is -2.32. The molecule has 1 nitrogen and oxygen atoms in total. The van der Waals surface area contributed by atoms with E-state index in [0.717, 1.165) is 23.8 Å². The molecule has 0 aromatic heterocycles. The fraction of sp³-hybridized carbons (Fsp3) is 0.538. The van der Waals surface area contributed by atoms with E-state index >= 15 is 0 Å². The van der Waals surface area contributed by atoms with Crippen LogP contribution in [0.1, 0.15) is 64.4 Å². The Morgan fingerprint density at radius 1 is 0.966 bits per heavy atom. The highest BCUT2D eigenvalue weighted by Gasteiger charge is 2.25. The minimum atomic E-state index is -0.672. The normalized spacial score (nSPS) is 20.4. The molecule has 158 valence electrons. The molecule has 0 spiro atoms. The molecule has 0 amide bonds. The van der Waals surface area contributed by atoms with Gasteiger partial charge in [-0.2, -0.15) is 0 Å². The van der Waals surface area contributed by atoms with Crippen molar-refractivity contribution in [3.05, 3.63) is 53.6 Å². The molecule has 0 aliphatic heterocycles. The third-order valence-electron chi connectivity index (χ3n) is 6.71. The van der Waals surface area contributed by atoms with E-state index in [1.807, 2.05) is 12.1 Å². The lowest BCUT2D eigenvalue weighted by atomic mass is 9.73. The van der Waals surface area contributed by atoms with Crippen molar-refractivity contribution in [2.45, 2.75) is 65.2 Å². The Morgan fingerprint density at radius 3 is 2.14 bits per heavy atom. The Kier molecular flexibility index (Phi) is 7.69. The zero-order valence-electron chi connectivity index (χ0n) is 18.0. The van der Waals surface area contributed by atoms with Crippen molar-refractivity contribution >= 4 is 0 Å². The van der Waals surface area contributed by atoms with Gasteiger partial charge in [0.2, 0.25) is 0 Å². The molecule has 1 fully saturated rings. The Hall–Kier alpha value is -1.90. The fourth-order valence-electron chi connectivity index (χ4n) is 4.83. The van der Waals surface area contributed by atoms with E-state index in [4.69, 9.17) is 4.74 Å². The summed E-state index contributed by atoms with van der Waals surface area (Å²) in [5, 5.41) is 0. The Labute approximate surface area is 174 Å². The highest BCUT2D eigenvalue weighted by atomic mass is 19.1. The average molecular weight is 401 g/mol. The van der Waals surface area contributed by atoms with Gasteiger partial charge in [0.05, 0.1) is 7.11 Å². The third kappa shape index (κ3) is 5.58. The van der Waals surface area contributed by atoms with Gasteiger partial charge in [-0.15, -0.1) is 0 Å². The van der Waals surface area contributed by atoms with Crippen molar-refractivity contribution in [2.75, 3.05) is 7.11 Å². The van der Waals surface area contributed by atoms with E-state index in [1.165, 1.54) is 69.8 Å². The molecular weight excluding hydrogens is 366 g/mol.